The molecule has 0 spiro atoms. The molecule has 5 heteroatoms. The quantitative estimate of drug-likeness (QED) is 0.627. The third-order valence-electron chi connectivity index (χ3n) is 3.80. The molecule has 0 saturated heterocycles. The van der Waals surface area contributed by atoms with Crippen LogP contribution in [-0.4, -0.2) is 31.5 Å². The van der Waals surface area contributed by atoms with Gasteiger partial charge in [0.05, 0.1) is 19.0 Å². The maximum Gasteiger partial charge on any atom is 0.279 e. The highest BCUT2D eigenvalue weighted by Gasteiger charge is 2.33. The lowest BCUT2D eigenvalue weighted by Crippen LogP contribution is -2.30. The summed E-state index contributed by atoms with van der Waals surface area (Å²) in [5.41, 5.74) is 2.99. The smallest absolute Gasteiger partial charge is 0.279 e. The van der Waals surface area contributed by atoms with Gasteiger partial charge in [-0.1, -0.05) is 37.3 Å². The normalized spacial score (nSPS) is 15.3. The van der Waals surface area contributed by atoms with Crippen LogP contribution < -0.4 is 9.64 Å². The van der Waals surface area contributed by atoms with Crippen LogP contribution >= 0.6 is 0 Å². The summed E-state index contributed by atoms with van der Waals surface area (Å²) in [6, 6.07) is 15.2. The number of rotatable bonds is 5. The average Bonchev–Trinajstić information content (AvgIpc) is 2.88. The van der Waals surface area contributed by atoms with E-state index in [2.05, 4.69) is 10.2 Å². The summed E-state index contributed by atoms with van der Waals surface area (Å²) in [5, 5.41) is 8.29. The fraction of sp³-hybridized carbons (Fsp3) is 0.211. The predicted octanol–water partition coefficient (Wildman–Crippen LogP) is 3.28. The predicted molar refractivity (Wildman–Crippen MR) is 96.2 cm³/mol. The van der Waals surface area contributed by atoms with Crippen molar-refractivity contribution in [3.8, 4) is 5.75 Å². The number of anilines is 1. The van der Waals surface area contributed by atoms with Gasteiger partial charge in [0, 0.05) is 12.1 Å². The monoisotopic (exact) mass is 321 g/mol. The third-order valence-corrected chi connectivity index (χ3v) is 3.80. The van der Waals surface area contributed by atoms with Gasteiger partial charge in [-0.15, -0.1) is 5.10 Å². The van der Waals surface area contributed by atoms with Crippen molar-refractivity contribution >= 4 is 23.5 Å². The van der Waals surface area contributed by atoms with E-state index < -0.39 is 0 Å². The average molecular weight is 321 g/mol. The Kier molecular flexibility index (Phi) is 4.70. The van der Waals surface area contributed by atoms with E-state index in [1.54, 1.807) is 18.2 Å². The number of amides is 1. The standard InChI is InChI=1S/C19H19N3O2/c1-3-11-22-17-10-5-4-9-16(17)18(19(22)23)21-20-13-14-7-6-8-15(12-14)24-2/h4-10,12-13H,3,11H2,1-2H3/b20-13-,21-18+. The van der Waals surface area contributed by atoms with Gasteiger partial charge < -0.3 is 9.64 Å². The molecule has 1 amide bonds. The van der Waals surface area contributed by atoms with E-state index in [9.17, 15) is 4.79 Å². The molecule has 0 fully saturated rings. The highest BCUT2D eigenvalue weighted by Crippen LogP contribution is 2.29. The fourth-order valence-electron chi connectivity index (χ4n) is 2.68. The molecule has 1 aliphatic rings. The summed E-state index contributed by atoms with van der Waals surface area (Å²) in [6.45, 7) is 2.72. The molecule has 0 bridgehead atoms. The number of hydrogen-bond donors (Lipinski definition) is 0. The molecule has 0 aromatic heterocycles. The minimum Gasteiger partial charge on any atom is -0.497 e. The summed E-state index contributed by atoms with van der Waals surface area (Å²) in [4.78, 5) is 14.4. The van der Waals surface area contributed by atoms with Crippen LogP contribution in [0.2, 0.25) is 0 Å². The second-order valence-corrected chi connectivity index (χ2v) is 5.44. The van der Waals surface area contributed by atoms with E-state index in [4.69, 9.17) is 4.74 Å². The zero-order chi connectivity index (χ0) is 16.9. The highest BCUT2D eigenvalue weighted by atomic mass is 16.5. The Morgan fingerprint density at radius 2 is 2.00 bits per heavy atom. The Hall–Kier alpha value is -2.95. The molecule has 0 aliphatic carbocycles. The van der Waals surface area contributed by atoms with Crippen molar-refractivity contribution in [2.45, 2.75) is 13.3 Å². The van der Waals surface area contributed by atoms with Gasteiger partial charge >= 0.3 is 0 Å². The van der Waals surface area contributed by atoms with Gasteiger partial charge in [-0.05, 0) is 30.2 Å². The zero-order valence-corrected chi connectivity index (χ0v) is 13.8. The Morgan fingerprint density at radius 3 is 2.79 bits per heavy atom. The van der Waals surface area contributed by atoms with Crippen LogP contribution in [0, 0.1) is 0 Å². The summed E-state index contributed by atoms with van der Waals surface area (Å²) in [7, 11) is 1.62. The van der Waals surface area contributed by atoms with Gasteiger partial charge in [0.1, 0.15) is 5.75 Å². The van der Waals surface area contributed by atoms with Crippen molar-refractivity contribution in [3.63, 3.8) is 0 Å². The largest absolute Gasteiger partial charge is 0.497 e. The number of ether oxygens (including phenoxy) is 1. The second-order valence-electron chi connectivity index (χ2n) is 5.44. The van der Waals surface area contributed by atoms with Gasteiger partial charge in [-0.25, -0.2) is 0 Å². The van der Waals surface area contributed by atoms with Crippen molar-refractivity contribution in [1.82, 2.24) is 0 Å². The molecule has 0 N–H and O–H groups in total. The molecule has 0 unspecified atom stereocenters. The molecular weight excluding hydrogens is 302 g/mol. The molecule has 2 aromatic rings. The fourth-order valence-corrected chi connectivity index (χ4v) is 2.68. The van der Waals surface area contributed by atoms with Crippen molar-refractivity contribution in [1.29, 1.82) is 0 Å². The van der Waals surface area contributed by atoms with Crippen molar-refractivity contribution < 1.29 is 9.53 Å². The summed E-state index contributed by atoms with van der Waals surface area (Å²) in [6.07, 6.45) is 2.51. The summed E-state index contributed by atoms with van der Waals surface area (Å²) >= 11 is 0. The number of methoxy groups -OCH3 is 1. The molecule has 5 nitrogen and oxygen atoms in total. The molecular formula is C19H19N3O2. The van der Waals surface area contributed by atoms with Gasteiger partial charge in [0.25, 0.3) is 5.91 Å². The number of fused-ring (bicyclic) bond motifs is 1. The first-order valence-corrected chi connectivity index (χ1v) is 7.91. The number of para-hydroxylation sites is 1. The topological polar surface area (TPSA) is 54.3 Å². The Morgan fingerprint density at radius 1 is 1.17 bits per heavy atom. The van der Waals surface area contributed by atoms with Crippen molar-refractivity contribution in [2.75, 3.05) is 18.6 Å². The lowest BCUT2D eigenvalue weighted by molar-refractivity contribution is -0.112. The van der Waals surface area contributed by atoms with Crippen LogP contribution in [0.3, 0.4) is 0 Å². The number of hydrogen-bond acceptors (Lipinski definition) is 4. The second kappa shape index (κ2) is 7.08. The minimum atomic E-state index is -0.0964. The van der Waals surface area contributed by atoms with E-state index in [1.165, 1.54) is 0 Å². The SMILES string of the molecule is CCCN1C(=O)/C(=N/N=C\c2cccc(OC)c2)c2ccccc21. The molecule has 2 aromatic carbocycles. The molecule has 1 aliphatic heterocycles. The first-order valence-electron chi connectivity index (χ1n) is 7.91. The van der Waals surface area contributed by atoms with Crippen LogP contribution in [-0.2, 0) is 4.79 Å². The first kappa shape index (κ1) is 15.9. The van der Waals surface area contributed by atoms with Gasteiger partial charge in [0.15, 0.2) is 5.71 Å². The van der Waals surface area contributed by atoms with Gasteiger partial charge in [-0.2, -0.15) is 5.10 Å². The minimum absolute atomic E-state index is 0.0964. The van der Waals surface area contributed by atoms with Crippen LogP contribution in [0.1, 0.15) is 24.5 Å². The first-order chi connectivity index (χ1) is 11.7. The molecule has 1 heterocycles. The number of nitrogens with zero attached hydrogens (tertiary/aromatic N) is 3. The lowest BCUT2D eigenvalue weighted by Gasteiger charge is -2.14. The van der Waals surface area contributed by atoms with Crippen molar-refractivity contribution in [3.05, 3.63) is 59.7 Å². The van der Waals surface area contributed by atoms with Crippen LogP contribution in [0.25, 0.3) is 0 Å². The van der Waals surface area contributed by atoms with E-state index in [-0.39, 0.29) is 5.91 Å². The zero-order valence-electron chi connectivity index (χ0n) is 13.8. The van der Waals surface area contributed by atoms with E-state index >= 15 is 0 Å². The Labute approximate surface area is 141 Å². The van der Waals surface area contributed by atoms with Gasteiger partial charge in [-0.3, -0.25) is 4.79 Å². The maximum atomic E-state index is 12.6. The van der Waals surface area contributed by atoms with Crippen LogP contribution in [0.5, 0.6) is 5.75 Å². The third kappa shape index (κ3) is 3.06. The molecule has 24 heavy (non-hydrogen) atoms. The maximum absolute atomic E-state index is 12.6. The summed E-state index contributed by atoms with van der Waals surface area (Å²) < 4.78 is 5.18. The van der Waals surface area contributed by atoms with E-state index in [0.717, 1.165) is 29.0 Å². The van der Waals surface area contributed by atoms with E-state index in [0.29, 0.717) is 12.3 Å². The molecule has 3 rings (SSSR count). The van der Waals surface area contributed by atoms with Crippen LogP contribution in [0.15, 0.2) is 58.7 Å². The summed E-state index contributed by atoms with van der Waals surface area (Å²) in [5.74, 6) is 0.656. The lowest BCUT2D eigenvalue weighted by atomic mass is 10.1. The highest BCUT2D eigenvalue weighted by molar-refractivity contribution is 6.54. The molecule has 0 atom stereocenters. The molecule has 122 valence electrons. The number of carbonyl (C=O) groups excluding carboxylic acids is 1. The van der Waals surface area contributed by atoms with Crippen molar-refractivity contribution in [2.24, 2.45) is 10.2 Å². The number of carbonyl (C=O) groups is 1. The van der Waals surface area contributed by atoms with Crippen LogP contribution in [0.4, 0.5) is 5.69 Å². The Bertz CT molecular complexity index is 812. The van der Waals surface area contributed by atoms with Gasteiger partial charge in [0.2, 0.25) is 0 Å². The molecule has 0 radical (unpaired) electrons. The Balaban J connectivity index is 1.89. The molecule has 0 saturated carbocycles. The van der Waals surface area contributed by atoms with E-state index in [1.807, 2.05) is 55.5 Å². The number of benzene rings is 2.